The molecule has 4 rings (SSSR count). The number of anilines is 1. The van der Waals surface area contributed by atoms with Gasteiger partial charge in [0, 0.05) is 35.9 Å². The molecule has 1 saturated heterocycles. The summed E-state index contributed by atoms with van der Waals surface area (Å²) in [5, 5.41) is 3.84. The first kappa shape index (κ1) is 21.4. The van der Waals surface area contributed by atoms with E-state index in [-0.39, 0.29) is 17.2 Å². The fraction of sp³-hybridized carbons (Fsp3) is 0.348. The largest absolute Gasteiger partial charge is 0.492 e. The Kier molecular flexibility index (Phi) is 6.29. The lowest BCUT2D eigenvalue weighted by atomic mass is 10.1. The van der Waals surface area contributed by atoms with Crippen LogP contribution in [0, 0.1) is 0 Å². The molecule has 0 saturated carbocycles. The number of carbonyl (C=O) groups is 1. The third-order valence-electron chi connectivity index (χ3n) is 5.49. The van der Waals surface area contributed by atoms with E-state index >= 15 is 0 Å². The first-order chi connectivity index (χ1) is 15.0. The van der Waals surface area contributed by atoms with E-state index in [0.29, 0.717) is 31.1 Å². The topological polar surface area (TPSA) is 91.5 Å². The van der Waals surface area contributed by atoms with Crippen LogP contribution in [0.15, 0.2) is 53.6 Å². The molecule has 0 spiro atoms. The number of nitrogens with zero attached hydrogens (tertiary/aromatic N) is 1. The number of aromatic amines is 1. The van der Waals surface area contributed by atoms with E-state index in [1.54, 1.807) is 12.1 Å². The minimum absolute atomic E-state index is 0.0983. The summed E-state index contributed by atoms with van der Waals surface area (Å²) in [6, 6.07) is 12.6. The quantitative estimate of drug-likeness (QED) is 0.581. The van der Waals surface area contributed by atoms with Gasteiger partial charge < -0.3 is 15.0 Å². The standard InChI is InChI=1S/C23H27N3O4S/c1-2-30-21-11-10-18(15-22(21)31(28,29)26-12-6-3-7-13-26)25-23(27)14-17-16-24-20-9-5-4-8-19(17)20/h4-5,8-11,15-16,24H,2-3,6-7,12-14H2,1H3,(H,25,27). The SMILES string of the molecule is CCOc1ccc(NC(=O)Cc2c[nH]c3ccccc23)cc1S(=O)(=O)N1CCCCC1. The van der Waals surface area contributed by atoms with E-state index in [9.17, 15) is 13.2 Å². The van der Waals surface area contributed by atoms with E-state index in [1.807, 2.05) is 37.4 Å². The van der Waals surface area contributed by atoms with Crippen molar-refractivity contribution in [3.63, 3.8) is 0 Å². The van der Waals surface area contributed by atoms with Gasteiger partial charge in [-0.25, -0.2) is 8.42 Å². The number of H-pyrrole nitrogens is 1. The third-order valence-corrected chi connectivity index (χ3v) is 7.41. The van der Waals surface area contributed by atoms with E-state index < -0.39 is 10.0 Å². The van der Waals surface area contributed by atoms with Crippen LogP contribution in [-0.4, -0.2) is 43.3 Å². The summed E-state index contributed by atoms with van der Waals surface area (Å²) in [4.78, 5) is 15.9. The van der Waals surface area contributed by atoms with Crippen molar-refractivity contribution in [2.75, 3.05) is 25.0 Å². The van der Waals surface area contributed by atoms with Gasteiger partial charge in [0.25, 0.3) is 0 Å². The molecule has 8 heteroatoms. The molecule has 31 heavy (non-hydrogen) atoms. The van der Waals surface area contributed by atoms with Gasteiger partial charge in [0.2, 0.25) is 15.9 Å². The van der Waals surface area contributed by atoms with Crippen LogP contribution < -0.4 is 10.1 Å². The van der Waals surface area contributed by atoms with Crippen LogP contribution in [-0.2, 0) is 21.2 Å². The number of ether oxygens (including phenoxy) is 1. The molecule has 7 nitrogen and oxygen atoms in total. The molecule has 0 atom stereocenters. The van der Waals surface area contributed by atoms with Gasteiger partial charge in [-0.1, -0.05) is 24.6 Å². The van der Waals surface area contributed by atoms with Crippen LogP contribution in [0.4, 0.5) is 5.69 Å². The second-order valence-corrected chi connectivity index (χ2v) is 9.55. The summed E-state index contributed by atoms with van der Waals surface area (Å²) in [7, 11) is -3.70. The van der Waals surface area contributed by atoms with Crippen molar-refractivity contribution >= 4 is 32.5 Å². The van der Waals surface area contributed by atoms with Crippen molar-refractivity contribution in [2.24, 2.45) is 0 Å². The molecule has 3 aromatic rings. The number of benzene rings is 2. The van der Waals surface area contributed by atoms with Crippen LogP contribution in [0.5, 0.6) is 5.75 Å². The predicted octanol–water partition coefficient (Wildman–Crippen LogP) is 3.92. The highest BCUT2D eigenvalue weighted by Gasteiger charge is 2.29. The highest BCUT2D eigenvalue weighted by atomic mass is 32.2. The fourth-order valence-electron chi connectivity index (χ4n) is 3.96. The third kappa shape index (κ3) is 4.60. The number of sulfonamides is 1. The summed E-state index contributed by atoms with van der Waals surface area (Å²) in [6.07, 6.45) is 4.75. The number of hydrogen-bond acceptors (Lipinski definition) is 4. The van der Waals surface area contributed by atoms with Gasteiger partial charge in [-0.2, -0.15) is 4.31 Å². The van der Waals surface area contributed by atoms with Crippen LogP contribution in [0.25, 0.3) is 10.9 Å². The van der Waals surface area contributed by atoms with Crippen LogP contribution in [0.2, 0.25) is 0 Å². The molecule has 1 aliphatic heterocycles. The van der Waals surface area contributed by atoms with Gasteiger partial charge >= 0.3 is 0 Å². The van der Waals surface area contributed by atoms with Gasteiger partial charge in [0.05, 0.1) is 13.0 Å². The molecule has 0 unspecified atom stereocenters. The Morgan fingerprint density at radius 1 is 1.13 bits per heavy atom. The Balaban J connectivity index is 1.57. The summed E-state index contributed by atoms with van der Waals surface area (Å²) >= 11 is 0. The van der Waals surface area contributed by atoms with E-state index in [0.717, 1.165) is 35.7 Å². The van der Waals surface area contributed by atoms with Crippen molar-refractivity contribution in [1.82, 2.24) is 9.29 Å². The number of piperidine rings is 1. The van der Waals surface area contributed by atoms with Crippen LogP contribution in [0.1, 0.15) is 31.7 Å². The molecule has 0 radical (unpaired) electrons. The smallest absolute Gasteiger partial charge is 0.246 e. The van der Waals surface area contributed by atoms with Crippen molar-refractivity contribution in [2.45, 2.75) is 37.5 Å². The molecule has 0 bridgehead atoms. The molecule has 164 valence electrons. The van der Waals surface area contributed by atoms with Crippen molar-refractivity contribution in [1.29, 1.82) is 0 Å². The molecular formula is C23H27N3O4S. The lowest BCUT2D eigenvalue weighted by molar-refractivity contribution is -0.115. The summed E-state index contributed by atoms with van der Waals surface area (Å²) in [5.41, 5.74) is 2.30. The highest BCUT2D eigenvalue weighted by molar-refractivity contribution is 7.89. The highest BCUT2D eigenvalue weighted by Crippen LogP contribution is 2.31. The maximum absolute atomic E-state index is 13.3. The van der Waals surface area contributed by atoms with Gasteiger partial charge in [0.15, 0.2) is 0 Å². The molecule has 1 fully saturated rings. The number of rotatable bonds is 7. The molecule has 1 aliphatic rings. The first-order valence-electron chi connectivity index (χ1n) is 10.6. The average molecular weight is 442 g/mol. The predicted molar refractivity (Wildman–Crippen MR) is 121 cm³/mol. The zero-order chi connectivity index (χ0) is 21.8. The van der Waals surface area contributed by atoms with Gasteiger partial charge in [0.1, 0.15) is 10.6 Å². The fourth-order valence-corrected chi connectivity index (χ4v) is 5.64. The lowest BCUT2D eigenvalue weighted by Crippen LogP contribution is -2.35. The van der Waals surface area contributed by atoms with Gasteiger partial charge in [-0.15, -0.1) is 0 Å². The van der Waals surface area contributed by atoms with Gasteiger partial charge in [-0.3, -0.25) is 4.79 Å². The number of amides is 1. The van der Waals surface area contributed by atoms with E-state index in [1.165, 1.54) is 10.4 Å². The second-order valence-electron chi connectivity index (χ2n) is 7.64. The Bertz CT molecular complexity index is 1180. The van der Waals surface area contributed by atoms with Crippen LogP contribution >= 0.6 is 0 Å². The maximum Gasteiger partial charge on any atom is 0.246 e. The number of fused-ring (bicyclic) bond motifs is 1. The number of carbonyl (C=O) groups excluding carboxylic acids is 1. The minimum atomic E-state index is -3.70. The van der Waals surface area contributed by atoms with Crippen molar-refractivity contribution in [3.05, 3.63) is 54.2 Å². The normalized spacial score (nSPS) is 15.1. The lowest BCUT2D eigenvalue weighted by Gasteiger charge is -2.27. The molecule has 2 N–H and O–H groups in total. The first-order valence-corrected chi connectivity index (χ1v) is 12.0. The molecule has 2 heterocycles. The maximum atomic E-state index is 13.3. The van der Waals surface area contributed by atoms with Crippen molar-refractivity contribution in [3.8, 4) is 5.75 Å². The Morgan fingerprint density at radius 3 is 2.68 bits per heavy atom. The zero-order valence-electron chi connectivity index (χ0n) is 17.6. The zero-order valence-corrected chi connectivity index (χ0v) is 18.4. The summed E-state index contributed by atoms with van der Waals surface area (Å²) in [6.45, 7) is 3.18. The van der Waals surface area contributed by atoms with E-state index in [2.05, 4.69) is 10.3 Å². The van der Waals surface area contributed by atoms with E-state index in [4.69, 9.17) is 4.74 Å². The van der Waals surface area contributed by atoms with Gasteiger partial charge in [-0.05, 0) is 49.6 Å². The monoisotopic (exact) mass is 441 g/mol. The molecular weight excluding hydrogens is 414 g/mol. The van der Waals surface area contributed by atoms with Crippen molar-refractivity contribution < 1.29 is 17.9 Å². The Hall–Kier alpha value is -2.84. The minimum Gasteiger partial charge on any atom is -0.492 e. The number of para-hydroxylation sites is 1. The molecule has 2 aromatic carbocycles. The number of hydrogen-bond donors (Lipinski definition) is 2. The number of aromatic nitrogens is 1. The molecule has 1 amide bonds. The average Bonchev–Trinajstić information content (AvgIpc) is 3.18. The molecule has 0 aliphatic carbocycles. The Labute approximate surface area is 182 Å². The molecule has 1 aromatic heterocycles. The Morgan fingerprint density at radius 2 is 1.90 bits per heavy atom. The van der Waals surface area contributed by atoms with Crippen LogP contribution in [0.3, 0.4) is 0 Å². The summed E-state index contributed by atoms with van der Waals surface area (Å²) in [5.74, 6) is 0.0953. The summed E-state index contributed by atoms with van der Waals surface area (Å²) < 4.78 is 33.6. The number of nitrogens with one attached hydrogen (secondary N) is 2. The second kappa shape index (κ2) is 9.11.